The minimum atomic E-state index is 0.00517. The van der Waals surface area contributed by atoms with E-state index < -0.39 is 0 Å². The fourth-order valence-electron chi connectivity index (χ4n) is 3.21. The number of aromatic nitrogens is 2. The van der Waals surface area contributed by atoms with Gasteiger partial charge < -0.3 is 14.6 Å². The van der Waals surface area contributed by atoms with E-state index in [-0.39, 0.29) is 6.04 Å². The summed E-state index contributed by atoms with van der Waals surface area (Å²) in [4.78, 5) is 4.50. The van der Waals surface area contributed by atoms with E-state index in [2.05, 4.69) is 39.7 Å². The highest BCUT2D eigenvalue weighted by Gasteiger charge is 2.29. The summed E-state index contributed by atoms with van der Waals surface area (Å²) in [5, 5.41) is 7.49. The van der Waals surface area contributed by atoms with E-state index in [1.807, 2.05) is 6.92 Å². The number of ether oxygens (including phenoxy) is 1. The van der Waals surface area contributed by atoms with Crippen molar-refractivity contribution in [1.29, 1.82) is 0 Å². The highest BCUT2D eigenvalue weighted by atomic mass is 16.5. The fourth-order valence-corrected chi connectivity index (χ4v) is 3.21. The topological polar surface area (TPSA) is 60.2 Å². The summed E-state index contributed by atoms with van der Waals surface area (Å²) >= 11 is 0. The van der Waals surface area contributed by atoms with Gasteiger partial charge in [0.05, 0.1) is 12.7 Å². The van der Waals surface area contributed by atoms with Crippen LogP contribution in [-0.2, 0) is 11.3 Å². The minimum absolute atomic E-state index is 0.00517. The molecule has 128 valence electrons. The van der Waals surface area contributed by atoms with Crippen LogP contribution in [0.15, 0.2) is 28.8 Å². The van der Waals surface area contributed by atoms with Gasteiger partial charge >= 0.3 is 0 Å². The third kappa shape index (κ3) is 3.78. The van der Waals surface area contributed by atoms with Gasteiger partial charge in [-0.3, -0.25) is 0 Å². The molecule has 2 aromatic rings. The highest BCUT2D eigenvalue weighted by molar-refractivity contribution is 5.45. The van der Waals surface area contributed by atoms with Crippen molar-refractivity contribution < 1.29 is 9.26 Å². The molecule has 0 spiro atoms. The van der Waals surface area contributed by atoms with Crippen LogP contribution in [0.1, 0.15) is 74.7 Å². The molecular formula is C19H25N3O2. The summed E-state index contributed by atoms with van der Waals surface area (Å²) in [6.07, 6.45) is 7.87. The molecule has 1 aromatic heterocycles. The van der Waals surface area contributed by atoms with Gasteiger partial charge in [0.2, 0.25) is 5.89 Å². The van der Waals surface area contributed by atoms with Crippen LogP contribution in [0.5, 0.6) is 0 Å². The van der Waals surface area contributed by atoms with Crippen LogP contribution in [-0.4, -0.2) is 16.2 Å². The molecule has 24 heavy (non-hydrogen) atoms. The lowest BCUT2D eigenvalue weighted by atomic mass is 10.2. The van der Waals surface area contributed by atoms with Crippen molar-refractivity contribution in [3.63, 3.8) is 0 Å². The zero-order valence-corrected chi connectivity index (χ0v) is 14.2. The molecule has 0 radical (unpaired) electrons. The van der Waals surface area contributed by atoms with Crippen LogP contribution >= 0.6 is 0 Å². The average molecular weight is 327 g/mol. The summed E-state index contributed by atoms with van der Waals surface area (Å²) in [7, 11) is 0. The summed E-state index contributed by atoms with van der Waals surface area (Å²) in [6.45, 7) is 2.75. The smallest absolute Gasteiger partial charge is 0.248 e. The predicted molar refractivity (Wildman–Crippen MR) is 91.8 cm³/mol. The maximum atomic E-state index is 5.96. The lowest BCUT2D eigenvalue weighted by molar-refractivity contribution is 0.0457. The summed E-state index contributed by atoms with van der Waals surface area (Å²) < 4.78 is 11.3. The van der Waals surface area contributed by atoms with E-state index >= 15 is 0 Å². The minimum Gasteiger partial charge on any atom is -0.374 e. The van der Waals surface area contributed by atoms with Gasteiger partial charge in [-0.2, -0.15) is 4.98 Å². The zero-order chi connectivity index (χ0) is 16.4. The Hall–Kier alpha value is -1.88. The molecule has 0 amide bonds. The van der Waals surface area contributed by atoms with E-state index in [0.29, 0.717) is 24.5 Å². The SMILES string of the molecule is C[C@H](Nc1ccc(COC2CCCC2)cc1)c1nc(C2CC2)no1. The Balaban J connectivity index is 1.30. The van der Waals surface area contributed by atoms with Crippen LogP contribution in [0, 0.1) is 0 Å². The zero-order valence-electron chi connectivity index (χ0n) is 14.2. The monoisotopic (exact) mass is 327 g/mol. The van der Waals surface area contributed by atoms with Crippen LogP contribution in [0.4, 0.5) is 5.69 Å². The molecule has 5 nitrogen and oxygen atoms in total. The highest BCUT2D eigenvalue weighted by Crippen LogP contribution is 2.38. The Morgan fingerprint density at radius 2 is 1.92 bits per heavy atom. The third-order valence-electron chi connectivity index (χ3n) is 4.90. The molecule has 1 aromatic carbocycles. The summed E-state index contributed by atoms with van der Waals surface area (Å²) in [5.74, 6) is 2.04. The molecule has 2 aliphatic carbocycles. The Morgan fingerprint density at radius 3 is 2.62 bits per heavy atom. The molecule has 4 rings (SSSR count). The van der Waals surface area contributed by atoms with Crippen molar-refractivity contribution in [2.45, 2.75) is 70.1 Å². The van der Waals surface area contributed by atoms with Crippen LogP contribution in [0.2, 0.25) is 0 Å². The van der Waals surface area contributed by atoms with E-state index in [9.17, 15) is 0 Å². The molecular weight excluding hydrogens is 302 g/mol. The van der Waals surface area contributed by atoms with Crippen molar-refractivity contribution in [1.82, 2.24) is 10.1 Å². The molecule has 2 aliphatic rings. The summed E-state index contributed by atoms with van der Waals surface area (Å²) in [5.41, 5.74) is 2.27. The number of nitrogens with one attached hydrogen (secondary N) is 1. The second-order valence-electron chi connectivity index (χ2n) is 7.05. The van der Waals surface area contributed by atoms with Gasteiger partial charge in [0.25, 0.3) is 0 Å². The molecule has 1 heterocycles. The number of hydrogen-bond acceptors (Lipinski definition) is 5. The summed E-state index contributed by atoms with van der Waals surface area (Å²) in [6, 6.07) is 8.41. The predicted octanol–water partition coefficient (Wildman–Crippen LogP) is 4.58. The normalized spacial score (nSPS) is 19.5. The van der Waals surface area contributed by atoms with Crippen LogP contribution in [0.3, 0.4) is 0 Å². The number of hydrogen-bond donors (Lipinski definition) is 1. The number of anilines is 1. The molecule has 0 unspecified atom stereocenters. The molecule has 1 atom stereocenters. The van der Waals surface area contributed by atoms with E-state index in [4.69, 9.17) is 9.26 Å². The molecule has 2 saturated carbocycles. The average Bonchev–Trinajstić information content (AvgIpc) is 3.12. The standard InChI is InChI=1S/C19H25N3O2/c1-13(19-21-18(22-24-19)15-8-9-15)20-16-10-6-14(7-11-16)12-23-17-4-2-3-5-17/h6-7,10-11,13,15,17,20H,2-5,8-9,12H2,1H3/t13-/m0/s1. The lowest BCUT2D eigenvalue weighted by Crippen LogP contribution is -2.08. The Bertz CT molecular complexity index is 658. The fraction of sp³-hybridized carbons (Fsp3) is 0.579. The lowest BCUT2D eigenvalue weighted by Gasteiger charge is -2.13. The Labute approximate surface area is 142 Å². The van der Waals surface area contributed by atoms with E-state index in [0.717, 1.165) is 11.5 Å². The quantitative estimate of drug-likeness (QED) is 0.806. The van der Waals surface area contributed by atoms with Crippen LogP contribution in [0.25, 0.3) is 0 Å². The first-order chi connectivity index (χ1) is 11.8. The van der Waals surface area contributed by atoms with Crippen molar-refractivity contribution in [3.05, 3.63) is 41.5 Å². The molecule has 0 aliphatic heterocycles. The first kappa shape index (κ1) is 15.6. The maximum Gasteiger partial charge on any atom is 0.248 e. The number of nitrogens with zero attached hydrogens (tertiary/aromatic N) is 2. The third-order valence-corrected chi connectivity index (χ3v) is 4.90. The van der Waals surface area contributed by atoms with Crippen molar-refractivity contribution >= 4 is 5.69 Å². The van der Waals surface area contributed by atoms with Gasteiger partial charge in [-0.05, 0) is 50.3 Å². The second-order valence-corrected chi connectivity index (χ2v) is 7.05. The number of benzene rings is 1. The molecule has 5 heteroatoms. The Kier molecular flexibility index (Phi) is 4.52. The van der Waals surface area contributed by atoms with Gasteiger partial charge in [0.1, 0.15) is 6.04 Å². The molecule has 1 N–H and O–H groups in total. The first-order valence-electron chi connectivity index (χ1n) is 9.08. The van der Waals surface area contributed by atoms with Gasteiger partial charge in [-0.1, -0.05) is 30.1 Å². The van der Waals surface area contributed by atoms with Gasteiger partial charge in [0.15, 0.2) is 5.82 Å². The second kappa shape index (κ2) is 6.93. The first-order valence-corrected chi connectivity index (χ1v) is 9.08. The van der Waals surface area contributed by atoms with Gasteiger partial charge in [-0.15, -0.1) is 0 Å². The molecule has 2 fully saturated rings. The Morgan fingerprint density at radius 1 is 1.17 bits per heavy atom. The van der Waals surface area contributed by atoms with Gasteiger partial charge in [-0.25, -0.2) is 0 Å². The van der Waals surface area contributed by atoms with Gasteiger partial charge in [0, 0.05) is 11.6 Å². The van der Waals surface area contributed by atoms with Crippen molar-refractivity contribution in [2.24, 2.45) is 0 Å². The van der Waals surface area contributed by atoms with E-state index in [1.54, 1.807) is 0 Å². The molecule has 0 bridgehead atoms. The number of rotatable bonds is 7. The largest absolute Gasteiger partial charge is 0.374 e. The van der Waals surface area contributed by atoms with Crippen molar-refractivity contribution in [2.75, 3.05) is 5.32 Å². The van der Waals surface area contributed by atoms with Crippen molar-refractivity contribution in [3.8, 4) is 0 Å². The maximum absolute atomic E-state index is 5.96. The molecule has 0 saturated heterocycles. The van der Waals surface area contributed by atoms with E-state index in [1.165, 1.54) is 44.1 Å². The van der Waals surface area contributed by atoms with Crippen LogP contribution < -0.4 is 5.32 Å².